The van der Waals surface area contributed by atoms with Crippen molar-refractivity contribution in [3.05, 3.63) is 24.0 Å². The molecule has 5 heteroatoms. The van der Waals surface area contributed by atoms with E-state index in [0.717, 1.165) is 18.7 Å². The zero-order valence-corrected chi connectivity index (χ0v) is 11.0. The molecule has 1 atom stereocenters. The number of nitrogens with zero attached hydrogens (tertiary/aromatic N) is 3. The van der Waals surface area contributed by atoms with Crippen LogP contribution in [0.4, 0.5) is 5.69 Å². The number of carboxylic acids is 1. The first kappa shape index (κ1) is 13.3. The number of aromatic nitrogens is 1. The van der Waals surface area contributed by atoms with Gasteiger partial charge in [0.2, 0.25) is 0 Å². The second-order valence-electron chi connectivity index (χ2n) is 4.98. The predicted molar refractivity (Wildman–Crippen MR) is 70.8 cm³/mol. The van der Waals surface area contributed by atoms with Gasteiger partial charge in [0.05, 0.1) is 5.41 Å². The zero-order chi connectivity index (χ0) is 13.9. The average molecular weight is 259 g/mol. The summed E-state index contributed by atoms with van der Waals surface area (Å²) < 4.78 is 0. The number of rotatable bonds is 3. The lowest BCUT2D eigenvalue weighted by Gasteiger charge is -2.40. The van der Waals surface area contributed by atoms with E-state index in [-0.39, 0.29) is 0 Å². The number of carbonyl (C=O) groups is 1. The van der Waals surface area contributed by atoms with Gasteiger partial charge in [0.25, 0.3) is 0 Å². The first-order valence-electron chi connectivity index (χ1n) is 6.46. The Morgan fingerprint density at radius 3 is 3.11 bits per heavy atom. The van der Waals surface area contributed by atoms with Gasteiger partial charge in [0.15, 0.2) is 0 Å². The maximum absolute atomic E-state index is 11.5. The van der Waals surface area contributed by atoms with Crippen LogP contribution in [-0.2, 0) is 4.79 Å². The van der Waals surface area contributed by atoms with Crippen LogP contribution in [0.1, 0.15) is 31.9 Å². The molecule has 0 aliphatic carbocycles. The Bertz CT molecular complexity index is 524. The molecule has 1 aliphatic heterocycles. The van der Waals surface area contributed by atoms with Gasteiger partial charge in [-0.2, -0.15) is 5.26 Å². The molecule has 0 radical (unpaired) electrons. The second kappa shape index (κ2) is 5.27. The molecule has 0 spiro atoms. The lowest BCUT2D eigenvalue weighted by atomic mass is 9.77. The van der Waals surface area contributed by atoms with E-state index in [1.807, 2.05) is 24.0 Å². The second-order valence-corrected chi connectivity index (χ2v) is 4.98. The molecule has 1 aliphatic rings. The van der Waals surface area contributed by atoms with Crippen molar-refractivity contribution < 1.29 is 9.90 Å². The maximum atomic E-state index is 11.5. The molecule has 0 amide bonds. The topological polar surface area (TPSA) is 77.2 Å². The van der Waals surface area contributed by atoms with Gasteiger partial charge in [-0.3, -0.25) is 4.79 Å². The van der Waals surface area contributed by atoms with Gasteiger partial charge in [-0.15, -0.1) is 0 Å². The Morgan fingerprint density at radius 1 is 1.68 bits per heavy atom. The molecular formula is C14H17N3O2. The van der Waals surface area contributed by atoms with Crippen LogP contribution in [-0.4, -0.2) is 29.1 Å². The molecule has 2 rings (SSSR count). The first-order chi connectivity index (χ1) is 9.11. The summed E-state index contributed by atoms with van der Waals surface area (Å²) in [6.07, 6.45) is 3.78. The fraction of sp³-hybridized carbons (Fsp3) is 0.500. The number of nitriles is 1. The minimum atomic E-state index is -0.728. The Morgan fingerprint density at radius 2 is 2.47 bits per heavy atom. The van der Waals surface area contributed by atoms with Crippen molar-refractivity contribution >= 4 is 11.7 Å². The smallest absolute Gasteiger partial charge is 0.311 e. The fourth-order valence-corrected chi connectivity index (χ4v) is 2.64. The monoisotopic (exact) mass is 259 g/mol. The normalized spacial score (nSPS) is 22.8. The minimum Gasteiger partial charge on any atom is -0.481 e. The van der Waals surface area contributed by atoms with E-state index in [9.17, 15) is 9.90 Å². The molecule has 1 aromatic heterocycles. The van der Waals surface area contributed by atoms with Gasteiger partial charge in [-0.1, -0.05) is 6.92 Å². The van der Waals surface area contributed by atoms with E-state index in [4.69, 9.17) is 5.26 Å². The summed E-state index contributed by atoms with van der Waals surface area (Å²) in [5.74, 6) is -0.728. The van der Waals surface area contributed by atoms with E-state index >= 15 is 0 Å². The lowest BCUT2D eigenvalue weighted by Crippen LogP contribution is -2.47. The minimum absolute atomic E-state index is 0.362. The van der Waals surface area contributed by atoms with Crippen LogP contribution in [0, 0.1) is 16.7 Å². The summed E-state index contributed by atoms with van der Waals surface area (Å²) in [6, 6.07) is 5.55. The summed E-state index contributed by atoms with van der Waals surface area (Å²) in [5, 5.41) is 18.3. The number of anilines is 1. The number of aliphatic carboxylic acids is 1. The predicted octanol–water partition coefficient (Wildman–Crippen LogP) is 2.03. The number of piperidine rings is 1. The van der Waals surface area contributed by atoms with Crippen molar-refractivity contribution in [3.8, 4) is 6.07 Å². The summed E-state index contributed by atoms with van der Waals surface area (Å²) in [6.45, 7) is 3.24. The van der Waals surface area contributed by atoms with E-state index < -0.39 is 11.4 Å². The average Bonchev–Trinajstić information content (AvgIpc) is 2.47. The molecule has 2 heterocycles. The van der Waals surface area contributed by atoms with Gasteiger partial charge in [-0.05, 0) is 31.4 Å². The first-order valence-corrected chi connectivity index (χ1v) is 6.46. The van der Waals surface area contributed by atoms with Crippen LogP contribution >= 0.6 is 0 Å². The molecule has 0 saturated carbocycles. The molecule has 1 unspecified atom stereocenters. The molecule has 1 saturated heterocycles. The third-order valence-electron chi connectivity index (χ3n) is 3.93. The standard InChI is InChI=1S/C14H17N3O2/c1-2-14(13(18)19)5-3-7-17(10-14)12-4-6-16-11(8-12)9-15/h4,6,8H,2-3,5,7,10H2,1H3,(H,18,19). The Hall–Kier alpha value is -2.09. The molecule has 1 fully saturated rings. The van der Waals surface area contributed by atoms with Gasteiger partial charge in [-0.25, -0.2) is 4.98 Å². The van der Waals surface area contributed by atoms with Crippen molar-refractivity contribution in [2.75, 3.05) is 18.0 Å². The van der Waals surface area contributed by atoms with E-state index in [0.29, 0.717) is 25.1 Å². The number of hydrogen-bond donors (Lipinski definition) is 1. The Kier molecular flexibility index (Phi) is 3.70. The number of hydrogen-bond acceptors (Lipinski definition) is 4. The zero-order valence-electron chi connectivity index (χ0n) is 11.0. The van der Waals surface area contributed by atoms with Gasteiger partial charge in [0, 0.05) is 25.0 Å². The van der Waals surface area contributed by atoms with E-state index in [1.54, 1.807) is 12.3 Å². The van der Waals surface area contributed by atoms with Crippen LogP contribution in [0.15, 0.2) is 18.3 Å². The van der Waals surface area contributed by atoms with Gasteiger partial charge in [0.1, 0.15) is 11.8 Å². The van der Waals surface area contributed by atoms with Gasteiger partial charge >= 0.3 is 5.97 Å². The molecule has 0 aromatic carbocycles. The molecular weight excluding hydrogens is 242 g/mol. The molecule has 1 aromatic rings. The highest BCUT2D eigenvalue weighted by Crippen LogP contribution is 2.35. The fourth-order valence-electron chi connectivity index (χ4n) is 2.64. The summed E-state index contributed by atoms with van der Waals surface area (Å²) >= 11 is 0. The van der Waals surface area contributed by atoms with Crippen LogP contribution in [0.25, 0.3) is 0 Å². The Balaban J connectivity index is 2.26. The number of carboxylic acid groups (broad SMARTS) is 1. The third kappa shape index (κ3) is 2.53. The molecule has 0 bridgehead atoms. The van der Waals surface area contributed by atoms with E-state index in [2.05, 4.69) is 4.98 Å². The van der Waals surface area contributed by atoms with Crippen molar-refractivity contribution in [3.63, 3.8) is 0 Å². The van der Waals surface area contributed by atoms with E-state index in [1.165, 1.54) is 0 Å². The summed E-state index contributed by atoms with van der Waals surface area (Å²) in [7, 11) is 0. The maximum Gasteiger partial charge on any atom is 0.311 e. The van der Waals surface area contributed by atoms with Crippen LogP contribution < -0.4 is 4.90 Å². The summed E-state index contributed by atoms with van der Waals surface area (Å²) in [5.41, 5.74) is 0.569. The SMILES string of the molecule is CCC1(C(=O)O)CCCN(c2ccnc(C#N)c2)C1. The molecule has 5 nitrogen and oxygen atoms in total. The molecule has 100 valence electrons. The van der Waals surface area contributed by atoms with Crippen LogP contribution in [0.5, 0.6) is 0 Å². The highest BCUT2D eigenvalue weighted by molar-refractivity contribution is 5.76. The van der Waals surface area contributed by atoms with Crippen LogP contribution in [0.3, 0.4) is 0 Å². The van der Waals surface area contributed by atoms with Crippen molar-refractivity contribution in [1.29, 1.82) is 5.26 Å². The Labute approximate surface area is 112 Å². The van der Waals surface area contributed by atoms with Gasteiger partial charge < -0.3 is 10.0 Å². The highest BCUT2D eigenvalue weighted by atomic mass is 16.4. The lowest BCUT2D eigenvalue weighted by molar-refractivity contribution is -0.149. The third-order valence-corrected chi connectivity index (χ3v) is 3.93. The largest absolute Gasteiger partial charge is 0.481 e. The van der Waals surface area contributed by atoms with Crippen molar-refractivity contribution in [2.24, 2.45) is 5.41 Å². The molecule has 19 heavy (non-hydrogen) atoms. The number of pyridine rings is 1. The molecule has 1 N–H and O–H groups in total. The van der Waals surface area contributed by atoms with Crippen molar-refractivity contribution in [1.82, 2.24) is 4.98 Å². The quantitative estimate of drug-likeness (QED) is 0.898. The highest BCUT2D eigenvalue weighted by Gasteiger charge is 2.40. The van der Waals surface area contributed by atoms with Crippen LogP contribution in [0.2, 0.25) is 0 Å². The van der Waals surface area contributed by atoms with Crippen molar-refractivity contribution in [2.45, 2.75) is 26.2 Å². The summed E-state index contributed by atoms with van der Waals surface area (Å²) in [4.78, 5) is 17.5.